The van der Waals surface area contributed by atoms with Crippen molar-refractivity contribution in [3.63, 3.8) is 0 Å². The first-order valence-electron chi connectivity index (χ1n) is 10.0. The quantitative estimate of drug-likeness (QED) is 0.510. The molecule has 0 radical (unpaired) electrons. The van der Waals surface area contributed by atoms with Gasteiger partial charge < -0.3 is 15.1 Å². The van der Waals surface area contributed by atoms with Gasteiger partial charge in [-0.25, -0.2) is 0 Å². The van der Waals surface area contributed by atoms with Gasteiger partial charge in [0.2, 0.25) is 0 Å². The van der Waals surface area contributed by atoms with E-state index >= 15 is 0 Å². The van der Waals surface area contributed by atoms with Crippen LogP contribution in [0.25, 0.3) is 0 Å². The first kappa shape index (κ1) is 19.5. The second kappa shape index (κ2) is 8.30. The van der Waals surface area contributed by atoms with Gasteiger partial charge in [-0.15, -0.1) is 0 Å². The van der Waals surface area contributed by atoms with E-state index in [4.69, 9.17) is 0 Å². The van der Waals surface area contributed by atoms with E-state index < -0.39 is 11.8 Å². The first-order valence-corrected chi connectivity index (χ1v) is 10.0. The molecule has 0 atom stereocenters. The Morgan fingerprint density at radius 3 is 1.86 bits per heavy atom. The van der Waals surface area contributed by atoms with Crippen molar-refractivity contribution in [3.05, 3.63) is 35.4 Å². The van der Waals surface area contributed by atoms with Crippen LogP contribution in [0.3, 0.4) is 0 Å². The van der Waals surface area contributed by atoms with E-state index in [9.17, 15) is 19.2 Å². The summed E-state index contributed by atoms with van der Waals surface area (Å²) in [6.45, 7) is 5.58. The Balaban J connectivity index is 1.39. The molecule has 29 heavy (non-hydrogen) atoms. The summed E-state index contributed by atoms with van der Waals surface area (Å²) >= 11 is 0. The SMILES string of the molecule is O=C1C(=O)N2CCN(CCN3C(=O)c4ccccc4C3=O)CCNCCN1CC2. The van der Waals surface area contributed by atoms with Gasteiger partial charge in [0.1, 0.15) is 0 Å². The third kappa shape index (κ3) is 3.88. The van der Waals surface area contributed by atoms with E-state index in [0.29, 0.717) is 63.5 Å². The number of rotatable bonds is 3. The molecule has 0 saturated carbocycles. The lowest BCUT2D eigenvalue weighted by molar-refractivity contribution is -0.156. The molecule has 4 aliphatic rings. The van der Waals surface area contributed by atoms with Gasteiger partial charge in [-0.05, 0) is 12.1 Å². The molecule has 5 rings (SSSR count). The maximum Gasteiger partial charge on any atom is 0.312 e. The van der Waals surface area contributed by atoms with Crippen molar-refractivity contribution in [3.8, 4) is 0 Å². The largest absolute Gasteiger partial charge is 0.331 e. The normalized spacial score (nSPS) is 21.4. The minimum absolute atomic E-state index is 0.255. The molecule has 0 aromatic heterocycles. The summed E-state index contributed by atoms with van der Waals surface area (Å²) in [5.74, 6) is -1.39. The average Bonchev–Trinajstić information content (AvgIpc) is 2.96. The van der Waals surface area contributed by atoms with Crippen molar-refractivity contribution in [2.45, 2.75) is 0 Å². The number of nitrogens with one attached hydrogen (secondary N) is 1. The summed E-state index contributed by atoms with van der Waals surface area (Å²) in [6.07, 6.45) is 0. The van der Waals surface area contributed by atoms with Gasteiger partial charge in [0, 0.05) is 65.4 Å². The molecule has 4 aliphatic heterocycles. The second-order valence-corrected chi connectivity index (χ2v) is 7.48. The standard InChI is InChI=1S/C20H25N5O4/c26-17-15-3-1-2-4-16(15)18(27)25(17)14-10-22-7-5-21-6-8-23-12-13-24(11-9-22)20(29)19(23)28/h1-4,21H,5-14H2. The zero-order valence-electron chi connectivity index (χ0n) is 16.3. The van der Waals surface area contributed by atoms with Crippen LogP contribution in [0.4, 0.5) is 0 Å². The molecule has 4 heterocycles. The highest BCUT2D eigenvalue weighted by molar-refractivity contribution is 6.35. The fourth-order valence-electron chi connectivity index (χ4n) is 4.00. The Labute approximate surface area is 169 Å². The highest BCUT2D eigenvalue weighted by Crippen LogP contribution is 2.22. The predicted molar refractivity (Wildman–Crippen MR) is 104 cm³/mol. The molecule has 9 nitrogen and oxygen atoms in total. The lowest BCUT2D eigenvalue weighted by Crippen LogP contribution is -2.57. The number of fused-ring (bicyclic) bond motifs is 10. The topological polar surface area (TPSA) is 93.3 Å². The molecular formula is C20H25N5O4. The van der Waals surface area contributed by atoms with Gasteiger partial charge in [0.25, 0.3) is 11.8 Å². The number of carbonyl (C=O) groups excluding carboxylic acids is 4. The van der Waals surface area contributed by atoms with Crippen molar-refractivity contribution in [1.29, 1.82) is 0 Å². The molecule has 154 valence electrons. The summed E-state index contributed by atoms with van der Waals surface area (Å²) in [7, 11) is 0. The van der Waals surface area contributed by atoms with Crippen LogP contribution < -0.4 is 5.32 Å². The maximum atomic E-state index is 12.5. The minimum atomic E-state index is -0.447. The third-order valence-electron chi connectivity index (χ3n) is 5.76. The second-order valence-electron chi connectivity index (χ2n) is 7.48. The summed E-state index contributed by atoms with van der Waals surface area (Å²) in [4.78, 5) is 56.2. The zero-order valence-corrected chi connectivity index (χ0v) is 16.3. The van der Waals surface area contributed by atoms with Crippen LogP contribution in [0.2, 0.25) is 0 Å². The molecular weight excluding hydrogens is 374 g/mol. The number of benzene rings is 1. The molecule has 0 spiro atoms. The lowest BCUT2D eigenvalue weighted by Gasteiger charge is -2.36. The molecule has 0 unspecified atom stereocenters. The molecule has 2 bridgehead atoms. The molecule has 4 amide bonds. The Morgan fingerprint density at radius 2 is 1.21 bits per heavy atom. The number of carbonyl (C=O) groups is 4. The molecule has 1 aromatic rings. The molecule has 9 heteroatoms. The molecule has 1 aromatic carbocycles. The summed E-state index contributed by atoms with van der Waals surface area (Å²) in [6, 6.07) is 6.87. The fourth-order valence-corrected chi connectivity index (χ4v) is 4.00. The Kier molecular flexibility index (Phi) is 5.59. The van der Waals surface area contributed by atoms with Crippen LogP contribution >= 0.6 is 0 Å². The number of nitrogens with zero attached hydrogens (tertiary/aromatic N) is 4. The van der Waals surface area contributed by atoms with Gasteiger partial charge in [-0.2, -0.15) is 0 Å². The number of piperazine rings is 1. The van der Waals surface area contributed by atoms with E-state index in [1.165, 1.54) is 4.90 Å². The van der Waals surface area contributed by atoms with Crippen LogP contribution in [0, 0.1) is 0 Å². The lowest BCUT2D eigenvalue weighted by atomic mass is 10.1. The number of hydrogen-bond acceptors (Lipinski definition) is 6. The van der Waals surface area contributed by atoms with Gasteiger partial charge in [-0.3, -0.25) is 29.0 Å². The van der Waals surface area contributed by atoms with Crippen molar-refractivity contribution in [2.24, 2.45) is 0 Å². The van der Waals surface area contributed by atoms with Crippen LogP contribution in [-0.4, -0.2) is 109 Å². The van der Waals surface area contributed by atoms with E-state index in [1.54, 1.807) is 34.1 Å². The van der Waals surface area contributed by atoms with Gasteiger partial charge in [0.05, 0.1) is 11.1 Å². The van der Waals surface area contributed by atoms with Crippen molar-refractivity contribution < 1.29 is 19.2 Å². The average molecular weight is 399 g/mol. The number of imide groups is 1. The first-order chi connectivity index (χ1) is 14.1. The molecule has 3 saturated heterocycles. The van der Waals surface area contributed by atoms with E-state index in [2.05, 4.69) is 10.2 Å². The Morgan fingerprint density at radius 1 is 0.655 bits per heavy atom. The zero-order chi connectivity index (χ0) is 20.4. The Hall–Kier alpha value is -2.78. The molecule has 0 aliphatic carbocycles. The molecule has 1 N–H and O–H groups in total. The van der Waals surface area contributed by atoms with E-state index in [0.717, 1.165) is 13.1 Å². The fraction of sp³-hybridized carbons (Fsp3) is 0.500. The highest BCUT2D eigenvalue weighted by Gasteiger charge is 2.35. The van der Waals surface area contributed by atoms with E-state index in [-0.39, 0.29) is 11.8 Å². The van der Waals surface area contributed by atoms with Crippen LogP contribution in [-0.2, 0) is 9.59 Å². The number of hydrogen-bond donors (Lipinski definition) is 1. The van der Waals surface area contributed by atoms with Crippen molar-refractivity contribution in [2.75, 3.05) is 65.4 Å². The van der Waals surface area contributed by atoms with Crippen LogP contribution in [0.5, 0.6) is 0 Å². The highest BCUT2D eigenvalue weighted by atomic mass is 16.2. The summed E-state index contributed by atoms with van der Waals surface area (Å²) in [5.41, 5.74) is 0.907. The third-order valence-corrected chi connectivity index (χ3v) is 5.76. The molecule has 3 fully saturated rings. The monoisotopic (exact) mass is 399 g/mol. The minimum Gasteiger partial charge on any atom is -0.331 e. The predicted octanol–water partition coefficient (Wildman–Crippen LogP) is -1.14. The van der Waals surface area contributed by atoms with Gasteiger partial charge in [-0.1, -0.05) is 12.1 Å². The maximum absolute atomic E-state index is 12.5. The smallest absolute Gasteiger partial charge is 0.312 e. The summed E-state index contributed by atoms with van der Waals surface area (Å²) < 4.78 is 0. The van der Waals surface area contributed by atoms with Crippen molar-refractivity contribution >= 4 is 23.6 Å². The van der Waals surface area contributed by atoms with Crippen LogP contribution in [0.15, 0.2) is 24.3 Å². The van der Waals surface area contributed by atoms with Gasteiger partial charge in [0.15, 0.2) is 0 Å². The summed E-state index contributed by atoms with van der Waals surface area (Å²) in [5, 5.41) is 3.30. The van der Waals surface area contributed by atoms with Crippen molar-refractivity contribution in [1.82, 2.24) is 24.9 Å². The van der Waals surface area contributed by atoms with Gasteiger partial charge >= 0.3 is 11.8 Å². The van der Waals surface area contributed by atoms with E-state index in [1.807, 2.05) is 0 Å². The van der Waals surface area contributed by atoms with Crippen LogP contribution in [0.1, 0.15) is 20.7 Å². The number of amides is 4. The Bertz CT molecular complexity index is 805.